The van der Waals surface area contributed by atoms with Crippen LogP contribution < -0.4 is 34.7 Å². The Bertz CT molecular complexity index is 345. The molecule has 0 aromatic carbocycles. The molecule has 0 heterocycles. The van der Waals surface area contributed by atoms with Crippen LogP contribution in [0.15, 0.2) is 0 Å². The normalized spacial score (nSPS) is 13.7. The van der Waals surface area contributed by atoms with Gasteiger partial charge in [-0.3, -0.25) is 0 Å². The minimum Gasteiger partial charge on any atom is -0.544 e. The van der Waals surface area contributed by atoms with Gasteiger partial charge in [0, 0.05) is 0 Å². The molecule has 0 saturated carbocycles. The summed E-state index contributed by atoms with van der Waals surface area (Å²) in [5.41, 5.74) is 0. The summed E-state index contributed by atoms with van der Waals surface area (Å²) in [7, 11) is 0. The van der Waals surface area contributed by atoms with Crippen molar-refractivity contribution in [3.63, 3.8) is 0 Å². The molecule has 0 aliphatic heterocycles. The molecule has 0 unspecified atom stereocenters. The largest absolute Gasteiger partial charge is 1.00 e. The molecule has 0 aromatic rings. The number of carboxylic acids is 2. The van der Waals surface area contributed by atoms with Gasteiger partial charge >= 0.3 is 59.2 Å². The van der Waals surface area contributed by atoms with Crippen molar-refractivity contribution in [2.45, 2.75) is 23.7 Å². The molecule has 0 bridgehead atoms. The summed E-state index contributed by atoms with van der Waals surface area (Å²) < 4.78 is 98.6. The summed E-state index contributed by atoms with van der Waals surface area (Å²) in [6.45, 7) is 0. The molecule has 0 atom stereocenters. The second-order valence-corrected chi connectivity index (χ2v) is 2.89. The first-order valence-electron chi connectivity index (χ1n) is 3.60. The number of hydrogen-bond donors (Lipinski definition) is 1. The number of hydrogen-bond acceptors (Lipinski definition) is 3. The molecule has 0 saturated heterocycles. The van der Waals surface area contributed by atoms with Crippen LogP contribution >= 0.6 is 0 Å². The van der Waals surface area contributed by atoms with Crippen molar-refractivity contribution in [2.75, 3.05) is 0 Å². The van der Waals surface area contributed by atoms with Crippen LogP contribution in [0.5, 0.6) is 0 Å². The van der Waals surface area contributed by atoms with Crippen molar-refractivity contribution in [1.29, 1.82) is 0 Å². The van der Waals surface area contributed by atoms with Crippen molar-refractivity contribution in [2.24, 2.45) is 0 Å². The van der Waals surface area contributed by atoms with Crippen LogP contribution in [0.3, 0.4) is 0 Å². The molecule has 1 N–H and O–H groups in total. The summed E-state index contributed by atoms with van der Waals surface area (Å²) in [5, 5.41) is 17.1. The number of halogens is 8. The molecule has 0 rings (SSSR count). The van der Waals surface area contributed by atoms with Crippen LogP contribution in [0.25, 0.3) is 0 Å². The standard InChI is InChI=1S/C6H2F8O4.Na/c7-3(8,1(15)16)5(11,12)6(13,14)4(9,10)2(17)18;/h(H,15,16)(H,17,18);/q;+1/p-1. The predicted molar refractivity (Wildman–Crippen MR) is 32.4 cm³/mol. The van der Waals surface area contributed by atoms with E-state index in [1.165, 1.54) is 0 Å². The van der Waals surface area contributed by atoms with Gasteiger partial charge in [-0.2, -0.15) is 35.1 Å². The number of carbonyl (C=O) groups is 2. The van der Waals surface area contributed by atoms with Gasteiger partial charge in [-0.25, -0.2) is 4.79 Å². The minimum absolute atomic E-state index is 0. The zero-order chi connectivity index (χ0) is 15.2. The van der Waals surface area contributed by atoms with E-state index in [4.69, 9.17) is 5.11 Å². The van der Waals surface area contributed by atoms with Gasteiger partial charge in [0.05, 0.1) is 0 Å². The Morgan fingerprint density at radius 2 is 1.05 bits per heavy atom. The van der Waals surface area contributed by atoms with Crippen LogP contribution in [0.2, 0.25) is 0 Å². The molecular weight excluding hydrogens is 311 g/mol. The van der Waals surface area contributed by atoms with E-state index in [0.29, 0.717) is 0 Å². The molecule has 0 aliphatic carbocycles. The summed E-state index contributed by atoms with van der Waals surface area (Å²) in [6, 6.07) is 0. The number of carboxylic acid groups (broad SMARTS) is 2. The maximum absolute atomic E-state index is 12.4. The van der Waals surface area contributed by atoms with E-state index in [0.717, 1.165) is 0 Å². The summed E-state index contributed by atoms with van der Waals surface area (Å²) in [6.07, 6.45) is 0. The Balaban J connectivity index is 0. The average Bonchev–Trinajstić information content (AvgIpc) is 2.15. The topological polar surface area (TPSA) is 77.4 Å². The predicted octanol–water partition coefficient (Wildman–Crippen LogP) is -2.63. The maximum atomic E-state index is 12.4. The molecule has 0 aromatic heterocycles. The summed E-state index contributed by atoms with van der Waals surface area (Å²) in [5.74, 6) is -35.5. The molecule has 0 amide bonds. The third-order valence-corrected chi connectivity index (χ3v) is 1.71. The van der Waals surface area contributed by atoms with Crippen molar-refractivity contribution in [1.82, 2.24) is 0 Å². The molecule has 4 nitrogen and oxygen atoms in total. The SMILES string of the molecule is O=C([O-])C(F)(F)C(F)(F)C(F)(F)C(F)(F)C(=O)O.[Na+]. The second kappa shape index (κ2) is 5.40. The fraction of sp³-hybridized carbons (Fsp3) is 0.667. The molecule has 13 heteroatoms. The number of rotatable bonds is 5. The zero-order valence-corrected chi connectivity index (χ0v) is 10.7. The van der Waals surface area contributed by atoms with Crippen LogP contribution in [0.4, 0.5) is 35.1 Å². The van der Waals surface area contributed by atoms with Crippen molar-refractivity contribution >= 4 is 11.9 Å². The van der Waals surface area contributed by atoms with E-state index in [1.807, 2.05) is 0 Å². The van der Waals surface area contributed by atoms with E-state index in [2.05, 4.69) is 0 Å². The van der Waals surface area contributed by atoms with Crippen LogP contribution in [0.1, 0.15) is 0 Å². The van der Waals surface area contributed by atoms with Gasteiger partial charge in [-0.05, 0) is 0 Å². The fourth-order valence-corrected chi connectivity index (χ4v) is 0.657. The molecule has 0 fully saturated rings. The molecule has 0 radical (unpaired) electrons. The van der Waals surface area contributed by atoms with E-state index in [9.17, 15) is 49.8 Å². The zero-order valence-electron chi connectivity index (χ0n) is 8.70. The third-order valence-electron chi connectivity index (χ3n) is 1.71. The van der Waals surface area contributed by atoms with Crippen LogP contribution in [0, 0.1) is 0 Å². The average molecular weight is 312 g/mol. The van der Waals surface area contributed by atoms with E-state index < -0.39 is 35.6 Å². The Morgan fingerprint density at radius 3 is 1.26 bits per heavy atom. The Kier molecular flexibility index (Phi) is 5.88. The van der Waals surface area contributed by atoms with Crippen molar-refractivity contribution < 1.29 is 84.5 Å². The van der Waals surface area contributed by atoms with Gasteiger partial charge in [0.1, 0.15) is 5.97 Å². The molecule has 0 spiro atoms. The fourth-order valence-electron chi connectivity index (χ4n) is 0.657. The van der Waals surface area contributed by atoms with Crippen LogP contribution in [-0.2, 0) is 9.59 Å². The molecule has 0 aliphatic rings. The van der Waals surface area contributed by atoms with Gasteiger partial charge in [-0.1, -0.05) is 0 Å². The van der Waals surface area contributed by atoms with E-state index in [1.54, 1.807) is 0 Å². The quantitative estimate of drug-likeness (QED) is 0.445. The number of carbonyl (C=O) groups excluding carboxylic acids is 1. The van der Waals surface area contributed by atoms with E-state index >= 15 is 0 Å². The van der Waals surface area contributed by atoms with Gasteiger partial charge in [0.15, 0.2) is 0 Å². The van der Waals surface area contributed by atoms with Gasteiger partial charge in [0.25, 0.3) is 0 Å². The van der Waals surface area contributed by atoms with Crippen LogP contribution in [-0.4, -0.2) is 40.7 Å². The second-order valence-electron chi connectivity index (χ2n) is 2.89. The Hall–Kier alpha value is -0.620. The number of aliphatic carboxylic acids is 2. The summed E-state index contributed by atoms with van der Waals surface area (Å²) >= 11 is 0. The summed E-state index contributed by atoms with van der Waals surface area (Å²) in [4.78, 5) is 19.2. The Labute approximate surface area is 120 Å². The first-order valence-corrected chi connectivity index (χ1v) is 3.60. The van der Waals surface area contributed by atoms with Crippen molar-refractivity contribution in [3.05, 3.63) is 0 Å². The third kappa shape index (κ3) is 2.79. The molecule has 106 valence electrons. The monoisotopic (exact) mass is 312 g/mol. The smallest absolute Gasteiger partial charge is 0.544 e. The van der Waals surface area contributed by atoms with Gasteiger partial charge < -0.3 is 15.0 Å². The molecular formula is C6HF8NaO4. The van der Waals surface area contributed by atoms with E-state index in [-0.39, 0.29) is 29.6 Å². The van der Waals surface area contributed by atoms with Crippen molar-refractivity contribution in [3.8, 4) is 0 Å². The minimum atomic E-state index is -7.18. The maximum Gasteiger partial charge on any atom is 1.00 e. The first-order chi connectivity index (χ1) is 7.64. The molecule has 19 heavy (non-hydrogen) atoms. The first kappa shape index (κ1) is 20.7. The Morgan fingerprint density at radius 1 is 0.789 bits per heavy atom. The van der Waals surface area contributed by atoms with Gasteiger partial charge in [-0.15, -0.1) is 0 Å². The van der Waals surface area contributed by atoms with Gasteiger partial charge in [0.2, 0.25) is 0 Å². The number of alkyl halides is 8.